The Balaban J connectivity index is 2.77. The van der Waals surface area contributed by atoms with Crippen molar-refractivity contribution in [3.8, 4) is 0 Å². The molecule has 17 heavy (non-hydrogen) atoms. The third kappa shape index (κ3) is 3.73. The second kappa shape index (κ2) is 5.66. The highest BCUT2D eigenvalue weighted by atomic mass is 19.1. The maximum Gasteiger partial charge on any atom is 0.308 e. The van der Waals surface area contributed by atoms with Crippen LogP contribution in [-0.2, 0) is 4.79 Å². The lowest BCUT2D eigenvalue weighted by Gasteiger charge is -2.25. The second-order valence-corrected chi connectivity index (χ2v) is 4.55. The second-order valence-electron chi connectivity index (χ2n) is 4.55. The van der Waals surface area contributed by atoms with Gasteiger partial charge in [0.15, 0.2) is 0 Å². The number of anilines is 1. The number of carboxylic acid groups (broad SMARTS) is 1. The monoisotopic (exact) mass is 239 g/mol. The molecule has 0 saturated carbocycles. The third-order valence-electron chi connectivity index (χ3n) is 2.84. The Kier molecular flexibility index (Phi) is 4.49. The highest BCUT2D eigenvalue weighted by molar-refractivity contribution is 5.71. The molecular formula is C13H18FNO2. The van der Waals surface area contributed by atoms with Crippen molar-refractivity contribution in [2.75, 3.05) is 18.5 Å². The van der Waals surface area contributed by atoms with Crippen molar-refractivity contribution >= 4 is 11.7 Å². The van der Waals surface area contributed by atoms with Crippen LogP contribution in [0.2, 0.25) is 0 Å². The number of carbonyl (C=O) groups is 1. The van der Waals surface area contributed by atoms with Gasteiger partial charge in [0.2, 0.25) is 0 Å². The zero-order valence-electron chi connectivity index (χ0n) is 10.4. The van der Waals surface area contributed by atoms with E-state index in [0.29, 0.717) is 12.2 Å². The molecule has 0 aromatic heterocycles. The lowest BCUT2D eigenvalue weighted by atomic mass is 9.95. The molecule has 3 nitrogen and oxygen atoms in total. The predicted molar refractivity (Wildman–Crippen MR) is 65.6 cm³/mol. The van der Waals surface area contributed by atoms with Crippen molar-refractivity contribution in [1.82, 2.24) is 0 Å². The normalized spacial score (nSPS) is 12.5. The van der Waals surface area contributed by atoms with Crippen molar-refractivity contribution in [2.45, 2.75) is 13.8 Å². The van der Waals surface area contributed by atoms with Gasteiger partial charge in [0.05, 0.1) is 5.92 Å². The Morgan fingerprint density at radius 2 is 2.12 bits per heavy atom. The first-order valence-corrected chi connectivity index (χ1v) is 5.61. The maximum absolute atomic E-state index is 13.0. The zero-order chi connectivity index (χ0) is 13.0. The summed E-state index contributed by atoms with van der Waals surface area (Å²) in [5.41, 5.74) is 0.692. The Morgan fingerprint density at radius 3 is 2.59 bits per heavy atom. The lowest BCUT2D eigenvalue weighted by Crippen LogP contribution is -2.33. The van der Waals surface area contributed by atoms with Crippen LogP contribution in [0.1, 0.15) is 13.8 Å². The molecule has 0 spiro atoms. The Hall–Kier alpha value is -1.58. The minimum Gasteiger partial charge on any atom is -0.481 e. The molecule has 0 saturated heterocycles. The van der Waals surface area contributed by atoms with E-state index >= 15 is 0 Å². The average Bonchev–Trinajstić information content (AvgIpc) is 2.24. The highest BCUT2D eigenvalue weighted by Crippen LogP contribution is 2.18. The van der Waals surface area contributed by atoms with E-state index in [1.807, 2.05) is 13.8 Å². The molecule has 1 aromatic carbocycles. The van der Waals surface area contributed by atoms with Crippen molar-refractivity contribution in [1.29, 1.82) is 0 Å². The van der Waals surface area contributed by atoms with E-state index in [4.69, 9.17) is 5.11 Å². The van der Waals surface area contributed by atoms with Gasteiger partial charge >= 0.3 is 5.97 Å². The van der Waals surface area contributed by atoms with Gasteiger partial charge in [0.1, 0.15) is 5.82 Å². The average molecular weight is 239 g/mol. The van der Waals surface area contributed by atoms with Crippen molar-refractivity contribution < 1.29 is 14.3 Å². The molecule has 1 N–H and O–H groups in total. The van der Waals surface area contributed by atoms with Crippen LogP contribution in [0.3, 0.4) is 0 Å². The minimum absolute atomic E-state index is 0.0449. The molecule has 0 fully saturated rings. The maximum atomic E-state index is 13.0. The number of carboxylic acids is 1. The van der Waals surface area contributed by atoms with Crippen molar-refractivity contribution in [3.05, 3.63) is 30.1 Å². The van der Waals surface area contributed by atoms with Crippen LogP contribution >= 0.6 is 0 Å². The highest BCUT2D eigenvalue weighted by Gasteiger charge is 2.23. The van der Waals surface area contributed by atoms with E-state index in [-0.39, 0.29) is 11.7 Å². The molecule has 0 aliphatic heterocycles. The quantitative estimate of drug-likeness (QED) is 0.858. The van der Waals surface area contributed by atoms with Crippen LogP contribution in [0.4, 0.5) is 10.1 Å². The fourth-order valence-corrected chi connectivity index (χ4v) is 1.69. The predicted octanol–water partition coefficient (Wildman–Crippen LogP) is 2.62. The molecule has 1 aromatic rings. The fourth-order valence-electron chi connectivity index (χ4n) is 1.69. The summed E-state index contributed by atoms with van der Waals surface area (Å²) in [4.78, 5) is 12.8. The number of hydrogen-bond donors (Lipinski definition) is 1. The van der Waals surface area contributed by atoms with E-state index in [0.717, 1.165) is 0 Å². The van der Waals surface area contributed by atoms with E-state index in [9.17, 15) is 9.18 Å². The van der Waals surface area contributed by atoms with Gasteiger partial charge < -0.3 is 10.0 Å². The van der Waals surface area contributed by atoms with Gasteiger partial charge in [-0.25, -0.2) is 4.39 Å². The first-order chi connectivity index (χ1) is 7.91. The molecule has 0 aliphatic rings. The van der Waals surface area contributed by atoms with Crippen molar-refractivity contribution in [2.24, 2.45) is 11.8 Å². The first-order valence-electron chi connectivity index (χ1n) is 5.61. The minimum atomic E-state index is -0.816. The molecule has 1 unspecified atom stereocenters. The fraction of sp³-hybridized carbons (Fsp3) is 0.462. The van der Waals surface area contributed by atoms with Gasteiger partial charge in [-0.1, -0.05) is 19.9 Å². The molecule has 0 aliphatic carbocycles. The summed E-state index contributed by atoms with van der Waals surface area (Å²) >= 11 is 0. The summed E-state index contributed by atoms with van der Waals surface area (Å²) in [6, 6.07) is 6.16. The van der Waals surface area contributed by atoms with Crippen LogP contribution in [0, 0.1) is 17.7 Å². The van der Waals surface area contributed by atoms with E-state index in [1.54, 1.807) is 24.1 Å². The molecule has 1 atom stereocenters. The standard InChI is InChI=1S/C13H18FNO2/c1-9(2)12(13(16)17)8-15(3)11-6-4-5-10(14)7-11/h4-7,9,12H,8H2,1-3H3,(H,16,17). The summed E-state index contributed by atoms with van der Waals surface area (Å²) in [5, 5.41) is 9.09. The molecule has 94 valence electrons. The lowest BCUT2D eigenvalue weighted by molar-refractivity contribution is -0.142. The zero-order valence-corrected chi connectivity index (χ0v) is 10.4. The molecular weight excluding hydrogens is 221 g/mol. The number of benzene rings is 1. The van der Waals surface area contributed by atoms with Gasteiger partial charge in [0, 0.05) is 19.3 Å². The number of nitrogens with zero attached hydrogens (tertiary/aromatic N) is 1. The van der Waals surface area contributed by atoms with Crippen LogP contribution in [-0.4, -0.2) is 24.7 Å². The van der Waals surface area contributed by atoms with E-state index < -0.39 is 11.9 Å². The van der Waals surface area contributed by atoms with Crippen LogP contribution < -0.4 is 4.90 Å². The Morgan fingerprint density at radius 1 is 1.47 bits per heavy atom. The van der Waals surface area contributed by atoms with Gasteiger partial charge in [0.25, 0.3) is 0 Å². The SMILES string of the molecule is CC(C)C(CN(C)c1cccc(F)c1)C(=O)O. The molecule has 0 amide bonds. The molecule has 0 heterocycles. The number of rotatable bonds is 5. The van der Waals surface area contributed by atoms with E-state index in [1.165, 1.54) is 12.1 Å². The summed E-state index contributed by atoms with van der Waals surface area (Å²) in [7, 11) is 1.77. The van der Waals surface area contributed by atoms with Gasteiger partial charge in [-0.3, -0.25) is 4.79 Å². The van der Waals surface area contributed by atoms with E-state index in [2.05, 4.69) is 0 Å². The molecule has 4 heteroatoms. The molecule has 1 rings (SSSR count). The van der Waals surface area contributed by atoms with Crippen LogP contribution in [0.25, 0.3) is 0 Å². The van der Waals surface area contributed by atoms with Crippen molar-refractivity contribution in [3.63, 3.8) is 0 Å². The third-order valence-corrected chi connectivity index (χ3v) is 2.84. The number of halogens is 1. The van der Waals surface area contributed by atoms with Crippen LogP contribution in [0.5, 0.6) is 0 Å². The summed E-state index contributed by atoms with van der Waals surface area (Å²) < 4.78 is 13.0. The number of aliphatic carboxylic acids is 1. The van der Waals surface area contributed by atoms with Gasteiger partial charge in [-0.2, -0.15) is 0 Å². The summed E-state index contributed by atoms with van der Waals surface area (Å²) in [5.74, 6) is -1.54. The Labute approximate surface area is 101 Å². The topological polar surface area (TPSA) is 40.5 Å². The molecule has 0 bridgehead atoms. The smallest absolute Gasteiger partial charge is 0.308 e. The van der Waals surface area contributed by atoms with Gasteiger partial charge in [-0.15, -0.1) is 0 Å². The number of hydrogen-bond acceptors (Lipinski definition) is 2. The van der Waals surface area contributed by atoms with Crippen LogP contribution in [0.15, 0.2) is 24.3 Å². The summed E-state index contributed by atoms with van der Waals surface area (Å²) in [6.45, 7) is 4.12. The first kappa shape index (κ1) is 13.5. The summed E-state index contributed by atoms with van der Waals surface area (Å²) in [6.07, 6.45) is 0. The van der Waals surface area contributed by atoms with Gasteiger partial charge in [-0.05, 0) is 24.1 Å². The Bertz CT molecular complexity index is 393. The largest absolute Gasteiger partial charge is 0.481 e. The molecule has 0 radical (unpaired) electrons.